The minimum atomic E-state index is -0.382. The number of tetrazole rings is 1. The lowest BCUT2D eigenvalue weighted by Crippen LogP contribution is -2.14. The van der Waals surface area contributed by atoms with Crippen LogP contribution in [0.2, 0.25) is 0 Å². The van der Waals surface area contributed by atoms with Crippen molar-refractivity contribution in [2.75, 3.05) is 17.7 Å². The molecule has 3 rings (SSSR count). The monoisotopic (exact) mass is 397 g/mol. The van der Waals surface area contributed by atoms with Gasteiger partial charge in [0.05, 0.1) is 29.4 Å². The number of amides is 1. The zero-order valence-corrected chi connectivity index (χ0v) is 16.1. The number of anilines is 1. The van der Waals surface area contributed by atoms with E-state index in [0.29, 0.717) is 29.4 Å². The van der Waals surface area contributed by atoms with Crippen LogP contribution in [0.1, 0.15) is 23.1 Å². The predicted octanol–water partition coefficient (Wildman–Crippen LogP) is 2.71. The number of ether oxygens (including phenoxy) is 1. The Labute approximate surface area is 166 Å². The third kappa shape index (κ3) is 5.17. The lowest BCUT2D eigenvalue weighted by molar-refractivity contribution is -0.113. The molecule has 0 aliphatic heterocycles. The molecule has 0 saturated carbocycles. The fourth-order valence-electron chi connectivity index (χ4n) is 2.40. The predicted molar refractivity (Wildman–Crippen MR) is 106 cm³/mol. The number of thioether (sulfide) groups is 1. The molecule has 2 aromatic carbocycles. The van der Waals surface area contributed by atoms with E-state index in [0.717, 1.165) is 5.69 Å². The highest BCUT2D eigenvalue weighted by Crippen LogP contribution is 2.15. The normalized spacial score (nSPS) is 10.5. The van der Waals surface area contributed by atoms with Crippen LogP contribution in [0.3, 0.4) is 0 Å². The number of para-hydroxylation sites is 1. The number of nitrogens with one attached hydrogen (secondary N) is 1. The van der Waals surface area contributed by atoms with Gasteiger partial charge < -0.3 is 10.1 Å². The molecule has 0 spiro atoms. The lowest BCUT2D eigenvalue weighted by atomic mass is 10.2. The Morgan fingerprint density at radius 3 is 2.57 bits per heavy atom. The zero-order chi connectivity index (χ0) is 19.8. The van der Waals surface area contributed by atoms with Gasteiger partial charge in [0, 0.05) is 5.69 Å². The van der Waals surface area contributed by atoms with Crippen LogP contribution in [-0.2, 0) is 15.3 Å². The summed E-state index contributed by atoms with van der Waals surface area (Å²) in [5.74, 6) is 0.890. The molecule has 8 nitrogen and oxygen atoms in total. The average molecular weight is 397 g/mol. The van der Waals surface area contributed by atoms with Crippen LogP contribution < -0.4 is 5.32 Å². The molecule has 1 aromatic heterocycles. The fourth-order valence-corrected chi connectivity index (χ4v) is 3.12. The maximum absolute atomic E-state index is 12.1. The van der Waals surface area contributed by atoms with E-state index in [2.05, 4.69) is 20.8 Å². The van der Waals surface area contributed by atoms with Gasteiger partial charge in [-0.15, -0.1) is 16.9 Å². The van der Waals surface area contributed by atoms with Gasteiger partial charge in [-0.1, -0.05) is 18.2 Å². The number of aromatic nitrogens is 4. The van der Waals surface area contributed by atoms with Crippen LogP contribution in [0.5, 0.6) is 0 Å². The number of esters is 1. The Balaban J connectivity index is 1.49. The van der Waals surface area contributed by atoms with Crippen molar-refractivity contribution < 1.29 is 14.3 Å². The Morgan fingerprint density at radius 1 is 1.11 bits per heavy atom. The zero-order valence-electron chi connectivity index (χ0n) is 15.2. The molecule has 0 aliphatic carbocycles. The van der Waals surface area contributed by atoms with Crippen LogP contribution in [-0.4, -0.2) is 44.4 Å². The summed E-state index contributed by atoms with van der Waals surface area (Å²) < 4.78 is 6.58. The van der Waals surface area contributed by atoms with Crippen LogP contribution in [0.4, 0.5) is 5.69 Å². The number of carbonyl (C=O) groups excluding carboxylic acids is 2. The minimum Gasteiger partial charge on any atom is -0.462 e. The highest BCUT2D eigenvalue weighted by Gasteiger charge is 2.10. The number of hydrogen-bond acceptors (Lipinski definition) is 7. The second-order valence-corrected chi connectivity index (χ2v) is 6.67. The number of rotatable bonds is 8. The van der Waals surface area contributed by atoms with E-state index in [4.69, 9.17) is 4.74 Å². The standard InChI is InChI=1S/C19H19N5O3S/c1-2-27-19(26)14-8-10-15(11-9-14)20-18(25)13-28-12-17-21-22-23-24(17)16-6-4-3-5-7-16/h3-11H,2,12-13H2,1H3,(H,20,25). The van der Waals surface area contributed by atoms with Gasteiger partial charge in [-0.3, -0.25) is 4.79 Å². The Bertz CT molecular complexity index is 928. The van der Waals surface area contributed by atoms with Crippen molar-refractivity contribution in [1.29, 1.82) is 0 Å². The van der Waals surface area contributed by atoms with Crippen LogP contribution in [0.15, 0.2) is 54.6 Å². The molecule has 0 atom stereocenters. The smallest absolute Gasteiger partial charge is 0.338 e. The summed E-state index contributed by atoms with van der Waals surface area (Å²) in [7, 11) is 0. The molecular weight excluding hydrogens is 378 g/mol. The third-order valence-corrected chi connectivity index (χ3v) is 4.61. The third-order valence-electron chi connectivity index (χ3n) is 3.68. The molecule has 1 amide bonds. The first-order valence-electron chi connectivity index (χ1n) is 8.65. The summed E-state index contributed by atoms with van der Waals surface area (Å²) in [6.45, 7) is 2.07. The molecule has 3 aromatic rings. The molecule has 0 fully saturated rings. The first kappa shape index (κ1) is 19.6. The number of carbonyl (C=O) groups is 2. The van der Waals surface area contributed by atoms with Crippen molar-refractivity contribution in [2.24, 2.45) is 0 Å². The van der Waals surface area contributed by atoms with Crippen molar-refractivity contribution in [3.63, 3.8) is 0 Å². The molecule has 1 heterocycles. The van der Waals surface area contributed by atoms with Gasteiger partial charge in [0.2, 0.25) is 5.91 Å². The summed E-state index contributed by atoms with van der Waals surface area (Å²) in [4.78, 5) is 23.8. The van der Waals surface area contributed by atoms with Crippen molar-refractivity contribution in [1.82, 2.24) is 20.2 Å². The van der Waals surface area contributed by atoms with Crippen molar-refractivity contribution in [3.8, 4) is 5.69 Å². The van der Waals surface area contributed by atoms with E-state index in [1.165, 1.54) is 11.8 Å². The Hall–Kier alpha value is -3.20. The molecular formula is C19H19N5O3S. The number of benzene rings is 2. The van der Waals surface area contributed by atoms with Crippen LogP contribution >= 0.6 is 11.8 Å². The number of nitrogens with zero attached hydrogens (tertiary/aromatic N) is 4. The maximum Gasteiger partial charge on any atom is 0.338 e. The molecule has 1 N–H and O–H groups in total. The SMILES string of the molecule is CCOC(=O)c1ccc(NC(=O)CSCc2nnnn2-c2ccccc2)cc1. The van der Waals surface area contributed by atoms with E-state index in [1.807, 2.05) is 30.3 Å². The topological polar surface area (TPSA) is 99.0 Å². The fraction of sp³-hybridized carbons (Fsp3) is 0.211. The van der Waals surface area contributed by atoms with Gasteiger partial charge in [-0.2, -0.15) is 4.68 Å². The van der Waals surface area contributed by atoms with Crippen molar-refractivity contribution >= 4 is 29.3 Å². The van der Waals surface area contributed by atoms with E-state index in [1.54, 1.807) is 35.9 Å². The number of hydrogen-bond donors (Lipinski definition) is 1. The maximum atomic E-state index is 12.1. The quantitative estimate of drug-likeness (QED) is 0.584. The van der Waals surface area contributed by atoms with E-state index in [-0.39, 0.29) is 17.6 Å². The van der Waals surface area contributed by atoms with Gasteiger partial charge in [0.25, 0.3) is 0 Å². The van der Waals surface area contributed by atoms with Gasteiger partial charge in [0.15, 0.2) is 5.82 Å². The van der Waals surface area contributed by atoms with Gasteiger partial charge in [-0.25, -0.2) is 4.79 Å². The lowest BCUT2D eigenvalue weighted by Gasteiger charge is -2.07. The molecule has 0 aliphatic rings. The summed E-state index contributed by atoms with van der Waals surface area (Å²) >= 11 is 1.41. The molecule has 28 heavy (non-hydrogen) atoms. The molecule has 0 bridgehead atoms. The summed E-state index contributed by atoms with van der Waals surface area (Å²) in [6, 6.07) is 16.2. The molecule has 9 heteroatoms. The van der Waals surface area contributed by atoms with Gasteiger partial charge in [-0.05, 0) is 53.7 Å². The molecule has 0 radical (unpaired) electrons. The Kier molecular flexibility index (Phi) is 6.74. The van der Waals surface area contributed by atoms with Gasteiger partial charge >= 0.3 is 5.97 Å². The van der Waals surface area contributed by atoms with Crippen LogP contribution in [0, 0.1) is 0 Å². The van der Waals surface area contributed by atoms with Gasteiger partial charge in [0.1, 0.15) is 0 Å². The molecule has 0 unspecified atom stereocenters. The summed E-state index contributed by atoms with van der Waals surface area (Å²) in [5.41, 5.74) is 1.93. The largest absolute Gasteiger partial charge is 0.462 e. The van der Waals surface area contributed by atoms with E-state index in [9.17, 15) is 9.59 Å². The molecule has 144 valence electrons. The highest BCUT2D eigenvalue weighted by atomic mass is 32.2. The molecule has 0 saturated heterocycles. The first-order valence-corrected chi connectivity index (χ1v) is 9.80. The highest BCUT2D eigenvalue weighted by molar-refractivity contribution is 7.99. The van der Waals surface area contributed by atoms with Crippen LogP contribution in [0.25, 0.3) is 5.69 Å². The average Bonchev–Trinajstić information content (AvgIpc) is 3.18. The van der Waals surface area contributed by atoms with E-state index >= 15 is 0 Å². The second-order valence-electron chi connectivity index (χ2n) is 5.68. The van der Waals surface area contributed by atoms with Crippen molar-refractivity contribution in [2.45, 2.75) is 12.7 Å². The summed E-state index contributed by atoms with van der Waals surface area (Å²) in [6.07, 6.45) is 0. The Morgan fingerprint density at radius 2 is 1.86 bits per heavy atom. The van der Waals surface area contributed by atoms with Crippen molar-refractivity contribution in [3.05, 3.63) is 66.0 Å². The summed E-state index contributed by atoms with van der Waals surface area (Å²) in [5, 5.41) is 14.5. The minimum absolute atomic E-state index is 0.146. The van der Waals surface area contributed by atoms with E-state index < -0.39 is 0 Å². The first-order chi connectivity index (χ1) is 13.7. The second kappa shape index (κ2) is 9.65.